The van der Waals surface area contributed by atoms with Crippen LogP contribution in [0.4, 0.5) is 5.69 Å². The van der Waals surface area contributed by atoms with Crippen molar-refractivity contribution in [3.05, 3.63) is 54.6 Å². The number of methoxy groups -OCH3 is 1. The molecule has 0 bridgehead atoms. The lowest BCUT2D eigenvalue weighted by atomic mass is 10.1. The van der Waals surface area contributed by atoms with Gasteiger partial charge in [-0.2, -0.15) is 0 Å². The third kappa shape index (κ3) is 3.43. The minimum absolute atomic E-state index is 0.0199. The van der Waals surface area contributed by atoms with Crippen molar-refractivity contribution in [2.45, 2.75) is 13.1 Å². The molecule has 0 amide bonds. The second-order valence-electron chi connectivity index (χ2n) is 4.03. The second kappa shape index (κ2) is 6.31. The monoisotopic (exact) mass is 295 g/mol. The summed E-state index contributed by atoms with van der Waals surface area (Å²) in [5.41, 5.74) is 1.50. The molecule has 1 heterocycles. The average Bonchev–Trinajstić information content (AvgIpc) is 2.84. The van der Waals surface area contributed by atoms with Crippen molar-refractivity contribution in [3.63, 3.8) is 0 Å². The Morgan fingerprint density at radius 3 is 2.85 bits per heavy atom. The largest absolute Gasteiger partial charge is 0.496 e. The van der Waals surface area contributed by atoms with E-state index in [1.54, 1.807) is 11.4 Å². The Balaban J connectivity index is 2.05. The molecule has 7 nitrogen and oxygen atoms in total. The number of hydrogen-bond acceptors (Lipinski definition) is 6. The van der Waals surface area contributed by atoms with Crippen molar-refractivity contribution in [2.75, 3.05) is 7.11 Å². The van der Waals surface area contributed by atoms with E-state index in [1.807, 2.05) is 0 Å². The topological polar surface area (TPSA) is 97.3 Å². The standard InChI is InChI=1S/C12H13N3O4S/c1-19-11-3-2-10(15(17)18)4-8(11)5-13-6-9-7-20-12(16)14-9/h2-4,7,13H,5-6H2,1H3,(H,14,16). The summed E-state index contributed by atoms with van der Waals surface area (Å²) in [4.78, 5) is 23.9. The third-order valence-corrected chi connectivity index (χ3v) is 3.40. The van der Waals surface area contributed by atoms with Gasteiger partial charge in [-0.05, 0) is 6.07 Å². The number of non-ortho nitro benzene ring substituents is 1. The Kier molecular flexibility index (Phi) is 4.49. The van der Waals surface area contributed by atoms with Gasteiger partial charge in [0.2, 0.25) is 0 Å². The maximum Gasteiger partial charge on any atom is 0.304 e. The van der Waals surface area contributed by atoms with Crippen LogP contribution in [0.15, 0.2) is 28.4 Å². The maximum atomic E-state index is 11.0. The third-order valence-electron chi connectivity index (χ3n) is 2.68. The zero-order valence-electron chi connectivity index (χ0n) is 10.7. The van der Waals surface area contributed by atoms with E-state index in [0.29, 0.717) is 24.4 Å². The highest BCUT2D eigenvalue weighted by molar-refractivity contribution is 7.07. The smallest absolute Gasteiger partial charge is 0.304 e. The number of nitro benzene ring substituents is 1. The molecule has 0 radical (unpaired) electrons. The summed E-state index contributed by atoms with van der Waals surface area (Å²) < 4.78 is 5.17. The Hall–Kier alpha value is -2.19. The number of aromatic amines is 1. The first-order valence-electron chi connectivity index (χ1n) is 5.79. The summed E-state index contributed by atoms with van der Waals surface area (Å²) in [5, 5.41) is 15.6. The molecule has 20 heavy (non-hydrogen) atoms. The van der Waals surface area contributed by atoms with E-state index < -0.39 is 4.92 Å². The van der Waals surface area contributed by atoms with E-state index in [1.165, 1.54) is 19.2 Å². The number of rotatable bonds is 6. The quantitative estimate of drug-likeness (QED) is 0.623. The van der Waals surface area contributed by atoms with Gasteiger partial charge in [0.05, 0.1) is 12.0 Å². The molecule has 0 saturated heterocycles. The number of H-pyrrole nitrogens is 1. The summed E-state index contributed by atoms with van der Waals surface area (Å²) in [6, 6.07) is 4.45. The summed E-state index contributed by atoms with van der Waals surface area (Å²) in [5.74, 6) is 0.585. The van der Waals surface area contributed by atoms with E-state index in [2.05, 4.69) is 10.3 Å². The van der Waals surface area contributed by atoms with Crippen LogP contribution in [0.3, 0.4) is 0 Å². The molecule has 1 aromatic heterocycles. The predicted molar refractivity (Wildman–Crippen MR) is 75.1 cm³/mol. The number of thiazole rings is 1. The Morgan fingerprint density at radius 1 is 1.45 bits per heavy atom. The Labute approximate surface area is 118 Å². The van der Waals surface area contributed by atoms with E-state index in [9.17, 15) is 14.9 Å². The van der Waals surface area contributed by atoms with Crippen molar-refractivity contribution < 1.29 is 9.66 Å². The first kappa shape index (κ1) is 14.2. The molecule has 0 aliphatic carbocycles. The molecule has 0 atom stereocenters. The minimum Gasteiger partial charge on any atom is -0.496 e. The fourth-order valence-corrected chi connectivity index (χ4v) is 2.33. The van der Waals surface area contributed by atoms with E-state index in [0.717, 1.165) is 17.0 Å². The highest BCUT2D eigenvalue weighted by Crippen LogP contribution is 2.23. The zero-order chi connectivity index (χ0) is 14.5. The lowest BCUT2D eigenvalue weighted by Gasteiger charge is -2.09. The van der Waals surface area contributed by atoms with Crippen LogP contribution in [0.25, 0.3) is 0 Å². The van der Waals surface area contributed by atoms with Crippen molar-refractivity contribution in [1.29, 1.82) is 0 Å². The molecule has 0 unspecified atom stereocenters. The van der Waals surface area contributed by atoms with Gasteiger partial charge in [-0.3, -0.25) is 14.9 Å². The highest BCUT2D eigenvalue weighted by Gasteiger charge is 2.11. The lowest BCUT2D eigenvalue weighted by molar-refractivity contribution is -0.384. The number of nitrogens with zero attached hydrogens (tertiary/aromatic N) is 1. The van der Waals surface area contributed by atoms with Crippen molar-refractivity contribution >= 4 is 17.0 Å². The molecular formula is C12H13N3O4S. The average molecular weight is 295 g/mol. The molecule has 0 aliphatic heterocycles. The number of hydrogen-bond donors (Lipinski definition) is 2. The van der Waals surface area contributed by atoms with Crippen LogP contribution in [-0.2, 0) is 13.1 Å². The molecular weight excluding hydrogens is 282 g/mol. The highest BCUT2D eigenvalue weighted by atomic mass is 32.1. The Morgan fingerprint density at radius 2 is 2.25 bits per heavy atom. The molecule has 2 N–H and O–H groups in total. The van der Waals surface area contributed by atoms with Gasteiger partial charge in [-0.25, -0.2) is 0 Å². The molecule has 1 aromatic carbocycles. The maximum absolute atomic E-state index is 11.0. The number of aromatic nitrogens is 1. The van der Waals surface area contributed by atoms with Gasteiger partial charge in [-0.15, -0.1) is 0 Å². The number of ether oxygens (including phenoxy) is 1. The zero-order valence-corrected chi connectivity index (χ0v) is 11.5. The minimum atomic E-state index is -0.445. The normalized spacial score (nSPS) is 10.4. The van der Waals surface area contributed by atoms with Gasteiger partial charge in [0.15, 0.2) is 0 Å². The molecule has 0 spiro atoms. The molecule has 106 valence electrons. The van der Waals surface area contributed by atoms with E-state index in [4.69, 9.17) is 4.74 Å². The summed E-state index contributed by atoms with van der Waals surface area (Å²) in [7, 11) is 1.51. The fourth-order valence-electron chi connectivity index (χ4n) is 1.75. The summed E-state index contributed by atoms with van der Waals surface area (Å²) >= 11 is 1.10. The summed E-state index contributed by atoms with van der Waals surface area (Å²) in [6.45, 7) is 0.882. The molecule has 8 heteroatoms. The van der Waals surface area contributed by atoms with Gasteiger partial charge in [0.25, 0.3) is 5.69 Å². The SMILES string of the molecule is COc1ccc([N+](=O)[O-])cc1CNCc1csc(=O)[nH]1. The van der Waals surface area contributed by atoms with Gasteiger partial charge < -0.3 is 15.0 Å². The number of nitro groups is 1. The first-order valence-corrected chi connectivity index (χ1v) is 6.67. The van der Waals surface area contributed by atoms with Crippen molar-refractivity contribution in [1.82, 2.24) is 10.3 Å². The van der Waals surface area contributed by atoms with Crippen LogP contribution >= 0.6 is 11.3 Å². The van der Waals surface area contributed by atoms with Crippen molar-refractivity contribution in [2.24, 2.45) is 0 Å². The summed E-state index contributed by atoms with van der Waals surface area (Å²) in [6.07, 6.45) is 0. The number of nitrogens with one attached hydrogen (secondary N) is 2. The van der Waals surface area contributed by atoms with Crippen LogP contribution in [0, 0.1) is 10.1 Å². The van der Waals surface area contributed by atoms with Gasteiger partial charge >= 0.3 is 4.87 Å². The Bertz CT molecular complexity index is 665. The van der Waals surface area contributed by atoms with E-state index in [-0.39, 0.29) is 10.6 Å². The van der Waals surface area contributed by atoms with Crippen LogP contribution in [0.2, 0.25) is 0 Å². The van der Waals surface area contributed by atoms with Gasteiger partial charge in [0.1, 0.15) is 5.75 Å². The molecule has 2 rings (SSSR count). The first-order chi connectivity index (χ1) is 9.60. The molecule has 0 fully saturated rings. The van der Waals surface area contributed by atoms with Crippen LogP contribution in [-0.4, -0.2) is 17.0 Å². The van der Waals surface area contributed by atoms with Gasteiger partial charge in [0, 0.05) is 41.9 Å². The van der Waals surface area contributed by atoms with Crippen LogP contribution in [0.1, 0.15) is 11.3 Å². The van der Waals surface area contributed by atoms with Crippen LogP contribution < -0.4 is 14.9 Å². The predicted octanol–water partition coefficient (Wildman–Crippen LogP) is 1.64. The van der Waals surface area contributed by atoms with Crippen molar-refractivity contribution in [3.8, 4) is 5.75 Å². The van der Waals surface area contributed by atoms with Crippen LogP contribution in [0.5, 0.6) is 5.75 Å². The second-order valence-corrected chi connectivity index (χ2v) is 4.87. The molecule has 0 aliphatic rings. The molecule has 0 saturated carbocycles. The van der Waals surface area contributed by atoms with E-state index >= 15 is 0 Å². The number of benzene rings is 1. The molecule has 2 aromatic rings. The van der Waals surface area contributed by atoms with Gasteiger partial charge in [-0.1, -0.05) is 11.3 Å². The lowest BCUT2D eigenvalue weighted by Crippen LogP contribution is -2.14. The fraction of sp³-hybridized carbons (Fsp3) is 0.250.